The first kappa shape index (κ1) is 21.1. The molecule has 1 aliphatic rings. The molecule has 1 fully saturated rings. The third-order valence-corrected chi connectivity index (χ3v) is 6.35. The van der Waals surface area contributed by atoms with Gasteiger partial charge in [0.05, 0.1) is 7.11 Å². The number of nitrogens with zero attached hydrogens (tertiary/aromatic N) is 2. The van der Waals surface area contributed by atoms with Crippen LogP contribution in [0, 0.1) is 0 Å². The molecule has 2 aromatic heterocycles. The molecule has 1 amide bonds. The maximum atomic E-state index is 13.2. The van der Waals surface area contributed by atoms with Crippen molar-refractivity contribution in [3.05, 3.63) is 89.9 Å². The van der Waals surface area contributed by atoms with Crippen LogP contribution in [0.4, 0.5) is 0 Å². The van der Waals surface area contributed by atoms with E-state index in [1.165, 1.54) is 10.9 Å². The van der Waals surface area contributed by atoms with Crippen molar-refractivity contribution in [3.63, 3.8) is 0 Å². The zero-order valence-corrected chi connectivity index (χ0v) is 18.7. The molecule has 0 bridgehead atoms. The van der Waals surface area contributed by atoms with Crippen molar-refractivity contribution in [2.24, 2.45) is 0 Å². The van der Waals surface area contributed by atoms with E-state index in [0.29, 0.717) is 23.8 Å². The summed E-state index contributed by atoms with van der Waals surface area (Å²) in [5.41, 5.74) is 4.08. The predicted octanol–water partition coefficient (Wildman–Crippen LogP) is 5.17. The summed E-state index contributed by atoms with van der Waals surface area (Å²) in [6, 6.07) is 17.4. The van der Waals surface area contributed by atoms with Crippen LogP contribution in [0.1, 0.15) is 40.2 Å². The molecule has 4 aromatic rings. The van der Waals surface area contributed by atoms with Gasteiger partial charge in [-0.1, -0.05) is 12.1 Å². The topological polar surface area (TPSA) is 67.5 Å². The Kier molecular flexibility index (Phi) is 5.98. The minimum atomic E-state index is 0.0564. The summed E-state index contributed by atoms with van der Waals surface area (Å²) in [7, 11) is 1.69. The number of piperidine rings is 1. The maximum absolute atomic E-state index is 13.2. The van der Waals surface area contributed by atoms with Crippen LogP contribution in [0.2, 0.25) is 0 Å². The number of benzene rings is 2. The van der Waals surface area contributed by atoms with Crippen LogP contribution in [-0.4, -0.2) is 41.0 Å². The molecule has 1 saturated heterocycles. The summed E-state index contributed by atoms with van der Waals surface area (Å²) in [5.74, 6) is 2.03. The van der Waals surface area contributed by atoms with E-state index in [1.54, 1.807) is 19.5 Å². The van der Waals surface area contributed by atoms with Gasteiger partial charge in [0.2, 0.25) is 0 Å². The molecule has 0 atom stereocenters. The van der Waals surface area contributed by atoms with Crippen molar-refractivity contribution < 1.29 is 14.3 Å². The van der Waals surface area contributed by atoms with E-state index in [-0.39, 0.29) is 5.91 Å². The number of H-pyrrole nitrogens is 1. The number of fused-ring (bicyclic) bond motifs is 1. The second kappa shape index (κ2) is 9.36. The monoisotopic (exact) mass is 441 g/mol. The Hall–Kier alpha value is -3.80. The van der Waals surface area contributed by atoms with Crippen molar-refractivity contribution in [1.29, 1.82) is 0 Å². The van der Waals surface area contributed by atoms with Gasteiger partial charge < -0.3 is 19.4 Å². The van der Waals surface area contributed by atoms with Gasteiger partial charge >= 0.3 is 0 Å². The summed E-state index contributed by atoms with van der Waals surface area (Å²) < 4.78 is 11.3. The van der Waals surface area contributed by atoms with Crippen LogP contribution >= 0.6 is 0 Å². The Balaban J connectivity index is 1.23. The van der Waals surface area contributed by atoms with Gasteiger partial charge in [0.25, 0.3) is 5.91 Å². The van der Waals surface area contributed by atoms with Gasteiger partial charge in [-0.05, 0) is 66.8 Å². The number of aromatic nitrogens is 2. The largest absolute Gasteiger partial charge is 0.497 e. The highest BCUT2D eigenvalue weighted by Crippen LogP contribution is 2.35. The summed E-state index contributed by atoms with van der Waals surface area (Å²) in [6.45, 7) is 1.90. The van der Waals surface area contributed by atoms with Crippen molar-refractivity contribution >= 4 is 16.8 Å². The number of nitrogens with one attached hydrogen (secondary N) is 1. The van der Waals surface area contributed by atoms with Gasteiger partial charge in [0, 0.05) is 53.7 Å². The Labute approximate surface area is 193 Å². The van der Waals surface area contributed by atoms with Gasteiger partial charge in [0.15, 0.2) is 0 Å². The number of aromatic amines is 1. The number of rotatable bonds is 6. The first-order chi connectivity index (χ1) is 16.2. The first-order valence-electron chi connectivity index (χ1n) is 11.3. The molecule has 6 nitrogen and oxygen atoms in total. The number of amides is 1. The van der Waals surface area contributed by atoms with Crippen LogP contribution in [0.3, 0.4) is 0 Å². The van der Waals surface area contributed by atoms with Crippen molar-refractivity contribution in [2.45, 2.75) is 25.4 Å². The molecule has 33 heavy (non-hydrogen) atoms. The zero-order valence-electron chi connectivity index (χ0n) is 18.7. The van der Waals surface area contributed by atoms with Gasteiger partial charge in [-0.25, -0.2) is 0 Å². The highest BCUT2D eigenvalue weighted by Gasteiger charge is 2.26. The smallest absolute Gasteiger partial charge is 0.253 e. The van der Waals surface area contributed by atoms with Gasteiger partial charge in [-0.3, -0.25) is 9.78 Å². The maximum Gasteiger partial charge on any atom is 0.253 e. The molecule has 0 saturated carbocycles. The summed E-state index contributed by atoms with van der Waals surface area (Å²) >= 11 is 0. The number of hydrogen-bond donors (Lipinski definition) is 1. The van der Waals surface area contributed by atoms with Crippen LogP contribution in [0.5, 0.6) is 11.5 Å². The first-order valence-corrected chi connectivity index (χ1v) is 11.3. The summed E-state index contributed by atoms with van der Waals surface area (Å²) in [5, 5.41) is 1.21. The second-order valence-electron chi connectivity index (χ2n) is 8.40. The fourth-order valence-electron chi connectivity index (χ4n) is 4.53. The standard InChI is InChI=1S/C27H27N3O3/c1-32-22-7-8-26-24(15-22)25(17-29-26)20-9-12-30(13-10-20)27(31)21-5-2-6-23(14-21)33-18-19-4-3-11-28-16-19/h2-8,11,14-17,20,29H,9-10,12-13,18H2,1H3. The number of carbonyl (C=O) groups excluding carboxylic acids is 1. The lowest BCUT2D eigenvalue weighted by Crippen LogP contribution is -2.37. The van der Waals surface area contributed by atoms with E-state index < -0.39 is 0 Å². The van der Waals surface area contributed by atoms with Crippen LogP contribution in [-0.2, 0) is 6.61 Å². The van der Waals surface area contributed by atoms with E-state index in [4.69, 9.17) is 9.47 Å². The Morgan fingerprint density at radius 1 is 1.09 bits per heavy atom. The fraction of sp³-hybridized carbons (Fsp3) is 0.259. The van der Waals surface area contributed by atoms with E-state index in [1.807, 2.05) is 47.4 Å². The van der Waals surface area contributed by atoms with E-state index in [2.05, 4.69) is 28.3 Å². The number of hydrogen-bond acceptors (Lipinski definition) is 4. The van der Waals surface area contributed by atoms with Gasteiger partial charge in [0.1, 0.15) is 18.1 Å². The average molecular weight is 442 g/mol. The molecule has 1 aliphatic heterocycles. The normalized spacial score (nSPS) is 14.4. The summed E-state index contributed by atoms with van der Waals surface area (Å²) in [4.78, 5) is 22.6. The van der Waals surface area contributed by atoms with Crippen LogP contribution in [0.25, 0.3) is 10.9 Å². The minimum absolute atomic E-state index is 0.0564. The van der Waals surface area contributed by atoms with E-state index in [9.17, 15) is 4.79 Å². The molecule has 0 unspecified atom stereocenters. The summed E-state index contributed by atoms with van der Waals surface area (Å²) in [6.07, 6.45) is 7.50. The quantitative estimate of drug-likeness (QED) is 0.448. The predicted molar refractivity (Wildman–Crippen MR) is 128 cm³/mol. The lowest BCUT2D eigenvalue weighted by atomic mass is 9.89. The zero-order chi connectivity index (χ0) is 22.6. The third kappa shape index (κ3) is 4.55. The lowest BCUT2D eigenvalue weighted by Gasteiger charge is -2.32. The number of ether oxygens (including phenoxy) is 2. The number of pyridine rings is 1. The average Bonchev–Trinajstić information content (AvgIpc) is 3.31. The SMILES string of the molecule is COc1ccc2[nH]cc(C3CCN(C(=O)c4cccc(OCc5cccnc5)c4)CC3)c2c1. The third-order valence-electron chi connectivity index (χ3n) is 6.35. The lowest BCUT2D eigenvalue weighted by molar-refractivity contribution is 0.0713. The number of carbonyl (C=O) groups is 1. The molecular formula is C27H27N3O3. The molecule has 5 rings (SSSR count). The number of methoxy groups -OCH3 is 1. The molecule has 168 valence electrons. The molecule has 0 aliphatic carbocycles. The Morgan fingerprint density at radius 2 is 1.97 bits per heavy atom. The van der Waals surface area contributed by atoms with Crippen LogP contribution < -0.4 is 9.47 Å². The highest BCUT2D eigenvalue weighted by atomic mass is 16.5. The van der Waals surface area contributed by atoms with E-state index in [0.717, 1.165) is 42.8 Å². The molecular weight excluding hydrogens is 414 g/mol. The van der Waals surface area contributed by atoms with Crippen molar-refractivity contribution in [2.75, 3.05) is 20.2 Å². The molecule has 0 spiro atoms. The molecule has 2 aromatic carbocycles. The number of likely N-dealkylation sites (tertiary alicyclic amines) is 1. The molecule has 1 N–H and O–H groups in total. The van der Waals surface area contributed by atoms with Crippen LogP contribution in [0.15, 0.2) is 73.2 Å². The molecule has 3 heterocycles. The van der Waals surface area contributed by atoms with Crippen molar-refractivity contribution in [3.8, 4) is 11.5 Å². The van der Waals surface area contributed by atoms with Gasteiger partial charge in [-0.15, -0.1) is 0 Å². The Morgan fingerprint density at radius 3 is 2.76 bits per heavy atom. The highest BCUT2D eigenvalue weighted by molar-refractivity contribution is 5.94. The molecule has 6 heteroatoms. The van der Waals surface area contributed by atoms with E-state index >= 15 is 0 Å². The Bertz CT molecular complexity index is 1240. The van der Waals surface area contributed by atoms with Gasteiger partial charge in [-0.2, -0.15) is 0 Å². The minimum Gasteiger partial charge on any atom is -0.497 e. The molecule has 0 radical (unpaired) electrons. The fourth-order valence-corrected chi connectivity index (χ4v) is 4.53. The van der Waals surface area contributed by atoms with Crippen molar-refractivity contribution in [1.82, 2.24) is 14.9 Å². The second-order valence-corrected chi connectivity index (χ2v) is 8.40.